The molecule has 33 heavy (non-hydrogen) atoms. The van der Waals surface area contributed by atoms with Gasteiger partial charge >= 0.3 is 12.1 Å². The zero-order chi connectivity index (χ0) is 24.4. The molecule has 1 aromatic carbocycles. The second kappa shape index (κ2) is 9.44. The molecule has 1 N–H and O–H groups in total. The first-order chi connectivity index (χ1) is 15.6. The summed E-state index contributed by atoms with van der Waals surface area (Å²) in [4.78, 5) is 40.3. The number of alkyl halides is 3. The van der Waals surface area contributed by atoms with E-state index in [4.69, 9.17) is 9.47 Å². The summed E-state index contributed by atoms with van der Waals surface area (Å²) in [5.74, 6) is -3.59. The molecule has 0 spiro atoms. The molecule has 2 amide bonds. The molecule has 1 saturated carbocycles. The lowest BCUT2D eigenvalue weighted by atomic mass is 9.88. The Bertz CT molecular complexity index is 969. The van der Waals surface area contributed by atoms with Gasteiger partial charge in [0.05, 0.1) is 13.7 Å². The van der Waals surface area contributed by atoms with Crippen LogP contribution in [0.25, 0.3) is 0 Å². The number of nitrogens with zero attached hydrogens (tertiary/aromatic N) is 1. The number of hydrogen-bond donors (Lipinski definition) is 1. The van der Waals surface area contributed by atoms with Crippen molar-refractivity contribution in [1.29, 1.82) is 0 Å². The smallest absolute Gasteiger partial charge is 0.425 e. The van der Waals surface area contributed by atoms with Crippen molar-refractivity contribution in [3.05, 3.63) is 41.1 Å². The summed E-state index contributed by atoms with van der Waals surface area (Å²) < 4.78 is 54.1. The monoisotopic (exact) mass is 468 g/mol. The summed E-state index contributed by atoms with van der Waals surface area (Å²) in [6, 6.07) is 5.01. The first kappa shape index (κ1) is 24.6. The quantitative estimate of drug-likeness (QED) is 0.643. The van der Waals surface area contributed by atoms with Crippen LogP contribution in [0.1, 0.15) is 56.3 Å². The third-order valence-electron chi connectivity index (χ3n) is 6.12. The van der Waals surface area contributed by atoms with Gasteiger partial charge in [-0.05, 0) is 44.9 Å². The second-order valence-corrected chi connectivity index (χ2v) is 8.08. The molecule has 0 unspecified atom stereocenters. The van der Waals surface area contributed by atoms with Crippen molar-refractivity contribution in [1.82, 2.24) is 10.2 Å². The molecule has 1 aliphatic carbocycles. The first-order valence-electron chi connectivity index (χ1n) is 10.8. The first-order valence-corrected chi connectivity index (χ1v) is 10.8. The maximum atomic E-state index is 14.7. The van der Waals surface area contributed by atoms with Gasteiger partial charge < -0.3 is 19.7 Å². The minimum atomic E-state index is -5.30. The third-order valence-corrected chi connectivity index (χ3v) is 6.12. The van der Waals surface area contributed by atoms with Gasteiger partial charge in [-0.15, -0.1) is 0 Å². The number of rotatable bonds is 6. The fraction of sp³-hybridized carbons (Fsp3) is 0.522. The van der Waals surface area contributed by atoms with E-state index in [1.165, 1.54) is 45.2 Å². The molecule has 7 nitrogen and oxygen atoms in total. The van der Waals surface area contributed by atoms with E-state index in [-0.39, 0.29) is 23.6 Å². The molecule has 3 rings (SSSR count). The van der Waals surface area contributed by atoms with Crippen LogP contribution in [0.2, 0.25) is 0 Å². The average molecular weight is 468 g/mol. The van der Waals surface area contributed by atoms with Gasteiger partial charge in [0.25, 0.3) is 17.4 Å². The minimum Gasteiger partial charge on any atom is -0.497 e. The Balaban J connectivity index is 2.14. The van der Waals surface area contributed by atoms with Gasteiger partial charge in [0.1, 0.15) is 11.3 Å². The third kappa shape index (κ3) is 4.30. The molecule has 0 aromatic heterocycles. The number of amides is 2. The highest BCUT2D eigenvalue weighted by molar-refractivity contribution is 6.12. The van der Waals surface area contributed by atoms with Gasteiger partial charge in [0.15, 0.2) is 0 Å². The summed E-state index contributed by atoms with van der Waals surface area (Å²) in [6.45, 7) is 2.56. The molecule has 180 valence electrons. The molecule has 1 aromatic rings. The van der Waals surface area contributed by atoms with Gasteiger partial charge in [-0.3, -0.25) is 9.59 Å². The number of benzene rings is 1. The van der Waals surface area contributed by atoms with Crippen molar-refractivity contribution in [2.75, 3.05) is 13.7 Å². The topological polar surface area (TPSA) is 84.9 Å². The standard InChI is InChI=1S/C23H27F3N2O5/c1-4-33-20(30)18-14(2)28(16-10-6-5-7-11-16)21(31)22(18,23(24,25)26)27-19(29)15-9-8-12-17(13-15)32-3/h8-9,12-13,16H,4-7,10-11H2,1-3H3,(H,27,29)/t22-/m1/s1. The van der Waals surface area contributed by atoms with E-state index in [1.54, 1.807) is 0 Å². The van der Waals surface area contributed by atoms with E-state index < -0.39 is 41.1 Å². The lowest BCUT2D eigenvalue weighted by Crippen LogP contribution is -2.66. The molecule has 1 aliphatic heterocycles. The molecule has 0 bridgehead atoms. The SMILES string of the molecule is CCOC(=O)C1=C(C)N(C2CCCCC2)C(=O)[C@@]1(NC(=O)c1cccc(OC)c1)C(F)(F)F. The summed E-state index contributed by atoms with van der Waals surface area (Å²) >= 11 is 0. The van der Waals surface area contributed by atoms with Gasteiger partial charge in [0.2, 0.25) is 0 Å². The molecule has 1 atom stereocenters. The van der Waals surface area contributed by atoms with Crippen molar-refractivity contribution in [3.63, 3.8) is 0 Å². The maximum Gasteiger partial charge on any atom is 0.425 e. The molecule has 10 heteroatoms. The van der Waals surface area contributed by atoms with Gasteiger partial charge in [-0.25, -0.2) is 4.79 Å². The van der Waals surface area contributed by atoms with Crippen molar-refractivity contribution in [3.8, 4) is 5.75 Å². The Morgan fingerprint density at radius 1 is 1.21 bits per heavy atom. The zero-order valence-corrected chi connectivity index (χ0v) is 18.8. The van der Waals surface area contributed by atoms with Crippen molar-refractivity contribution >= 4 is 17.8 Å². The Morgan fingerprint density at radius 2 is 1.88 bits per heavy atom. The van der Waals surface area contributed by atoms with Crippen LogP contribution in [0, 0.1) is 0 Å². The van der Waals surface area contributed by atoms with E-state index >= 15 is 0 Å². The van der Waals surface area contributed by atoms with Crippen molar-refractivity contribution in [2.24, 2.45) is 0 Å². The van der Waals surface area contributed by atoms with E-state index in [9.17, 15) is 27.6 Å². The van der Waals surface area contributed by atoms with Crippen LogP contribution in [0.5, 0.6) is 5.75 Å². The number of esters is 1. The lowest BCUT2D eigenvalue weighted by molar-refractivity contribution is -0.193. The molecular weight excluding hydrogens is 441 g/mol. The number of allylic oxidation sites excluding steroid dienone is 1. The fourth-order valence-electron chi connectivity index (χ4n) is 4.57. The Morgan fingerprint density at radius 3 is 2.45 bits per heavy atom. The number of hydrogen-bond acceptors (Lipinski definition) is 5. The summed E-state index contributed by atoms with van der Waals surface area (Å²) in [5.41, 5.74) is -4.75. The lowest BCUT2D eigenvalue weighted by Gasteiger charge is -2.36. The number of methoxy groups -OCH3 is 1. The molecule has 1 fully saturated rings. The Kier molecular flexibility index (Phi) is 7.04. The van der Waals surface area contributed by atoms with Crippen LogP contribution in [0.3, 0.4) is 0 Å². The molecule has 0 radical (unpaired) electrons. The summed E-state index contributed by atoms with van der Waals surface area (Å²) in [5, 5.41) is 1.87. The van der Waals surface area contributed by atoms with Crippen LogP contribution in [-0.2, 0) is 14.3 Å². The van der Waals surface area contributed by atoms with Crippen LogP contribution < -0.4 is 10.1 Å². The second-order valence-electron chi connectivity index (χ2n) is 8.08. The Hall–Kier alpha value is -3.04. The van der Waals surface area contributed by atoms with E-state index in [1.807, 2.05) is 5.32 Å². The number of halogens is 3. The van der Waals surface area contributed by atoms with E-state index in [0.717, 1.165) is 24.2 Å². The Labute approximate surface area is 189 Å². The number of ether oxygens (including phenoxy) is 2. The zero-order valence-electron chi connectivity index (χ0n) is 18.8. The number of carbonyl (C=O) groups excluding carboxylic acids is 3. The average Bonchev–Trinajstić information content (AvgIpc) is 3.01. The predicted octanol–water partition coefficient (Wildman–Crippen LogP) is 3.74. The number of nitrogens with one attached hydrogen (secondary N) is 1. The largest absolute Gasteiger partial charge is 0.497 e. The van der Waals surface area contributed by atoms with Crippen LogP contribution >= 0.6 is 0 Å². The highest BCUT2D eigenvalue weighted by atomic mass is 19.4. The van der Waals surface area contributed by atoms with Crippen LogP contribution in [0.15, 0.2) is 35.5 Å². The van der Waals surface area contributed by atoms with Gasteiger partial charge in [-0.2, -0.15) is 13.2 Å². The number of carbonyl (C=O) groups is 3. The van der Waals surface area contributed by atoms with Gasteiger partial charge in [-0.1, -0.05) is 25.3 Å². The molecular formula is C23H27F3N2O5. The normalized spacial score (nSPS) is 21.9. The minimum absolute atomic E-state index is 0.145. The predicted molar refractivity (Wildman–Crippen MR) is 112 cm³/mol. The van der Waals surface area contributed by atoms with Crippen LogP contribution in [-0.4, -0.2) is 54.2 Å². The highest BCUT2D eigenvalue weighted by Crippen LogP contribution is 2.47. The molecule has 2 aliphatic rings. The summed E-state index contributed by atoms with van der Waals surface area (Å²) in [6.07, 6.45) is -1.85. The van der Waals surface area contributed by atoms with Crippen molar-refractivity contribution in [2.45, 2.75) is 63.7 Å². The van der Waals surface area contributed by atoms with Crippen LogP contribution in [0.4, 0.5) is 13.2 Å². The van der Waals surface area contributed by atoms with Gasteiger partial charge in [0, 0.05) is 17.3 Å². The van der Waals surface area contributed by atoms with E-state index in [2.05, 4.69) is 0 Å². The summed E-state index contributed by atoms with van der Waals surface area (Å²) in [7, 11) is 1.35. The molecule has 1 heterocycles. The van der Waals surface area contributed by atoms with E-state index in [0.29, 0.717) is 12.8 Å². The maximum absolute atomic E-state index is 14.7. The fourth-order valence-corrected chi connectivity index (χ4v) is 4.57. The highest BCUT2D eigenvalue weighted by Gasteiger charge is 2.71. The van der Waals surface area contributed by atoms with Crippen molar-refractivity contribution < 1.29 is 37.0 Å². The molecule has 0 saturated heterocycles.